The van der Waals surface area contributed by atoms with Gasteiger partial charge in [0.25, 0.3) is 0 Å². The summed E-state index contributed by atoms with van der Waals surface area (Å²) >= 11 is 12.2. The third-order valence-corrected chi connectivity index (χ3v) is 7.49. The monoisotopic (exact) mass is 435 g/mol. The van der Waals surface area contributed by atoms with Crippen LogP contribution in [-0.2, 0) is 4.79 Å². The molecular formula is C26H23Cl2NO. The number of amides is 1. The number of hydrogen-bond acceptors (Lipinski definition) is 1. The number of carbonyl (C=O) groups is 1. The van der Waals surface area contributed by atoms with Crippen LogP contribution in [0.3, 0.4) is 0 Å². The number of rotatable bonds is 3. The first-order chi connectivity index (χ1) is 14.5. The first-order valence-corrected chi connectivity index (χ1v) is 11.2. The van der Waals surface area contributed by atoms with Gasteiger partial charge in [-0.1, -0.05) is 85.6 Å². The van der Waals surface area contributed by atoms with Crippen molar-refractivity contribution in [2.24, 2.45) is 17.8 Å². The Bertz CT molecular complexity index is 1090. The molecule has 1 amide bonds. The van der Waals surface area contributed by atoms with E-state index in [-0.39, 0.29) is 29.6 Å². The van der Waals surface area contributed by atoms with E-state index in [0.717, 1.165) is 0 Å². The average Bonchev–Trinajstić information content (AvgIpc) is 2.75. The minimum Gasteiger partial charge on any atom is -0.326 e. The van der Waals surface area contributed by atoms with Crippen LogP contribution >= 0.6 is 23.2 Å². The normalized spacial score (nSPS) is 23.8. The molecular weight excluding hydrogens is 413 g/mol. The van der Waals surface area contributed by atoms with Gasteiger partial charge in [-0.25, -0.2) is 0 Å². The summed E-state index contributed by atoms with van der Waals surface area (Å²) in [6.45, 7) is 4.46. The summed E-state index contributed by atoms with van der Waals surface area (Å²) in [7, 11) is 0. The van der Waals surface area contributed by atoms with Crippen LogP contribution in [0.1, 0.15) is 47.9 Å². The molecule has 0 spiro atoms. The summed E-state index contributed by atoms with van der Waals surface area (Å²) < 4.78 is 0. The largest absolute Gasteiger partial charge is 0.326 e. The van der Waals surface area contributed by atoms with E-state index in [0.29, 0.717) is 21.7 Å². The maximum absolute atomic E-state index is 13.7. The highest BCUT2D eigenvalue weighted by atomic mass is 35.5. The number of benzene rings is 3. The van der Waals surface area contributed by atoms with Gasteiger partial charge in [-0.2, -0.15) is 0 Å². The Kier molecular flexibility index (Phi) is 4.88. The van der Waals surface area contributed by atoms with Gasteiger partial charge in [-0.15, -0.1) is 0 Å². The molecule has 2 nitrogen and oxygen atoms in total. The highest BCUT2D eigenvalue weighted by Crippen LogP contribution is 2.60. The first-order valence-electron chi connectivity index (χ1n) is 10.4. The van der Waals surface area contributed by atoms with E-state index in [4.69, 9.17) is 23.2 Å². The number of fused-ring (bicyclic) bond motifs is 1. The minimum absolute atomic E-state index is 0.0473. The topological polar surface area (TPSA) is 29.1 Å². The highest BCUT2D eigenvalue weighted by Gasteiger charge is 2.53. The third-order valence-electron chi connectivity index (χ3n) is 6.75. The van der Waals surface area contributed by atoms with E-state index >= 15 is 0 Å². The van der Waals surface area contributed by atoms with Crippen molar-refractivity contribution in [2.45, 2.75) is 25.7 Å². The molecule has 6 rings (SSSR count). The second kappa shape index (κ2) is 7.44. The Hall–Kier alpha value is -2.29. The predicted octanol–water partition coefficient (Wildman–Crippen LogP) is 7.11. The SMILES string of the molecule is CC(C)[C@@H]1C2c3ccccc3C(c3ccccc32)[C@H]1C(=O)Nc1ccc(Cl)c(Cl)c1. The van der Waals surface area contributed by atoms with E-state index < -0.39 is 0 Å². The molecule has 0 unspecified atom stereocenters. The van der Waals surface area contributed by atoms with Gasteiger partial charge < -0.3 is 5.32 Å². The molecule has 0 heterocycles. The van der Waals surface area contributed by atoms with Crippen molar-refractivity contribution < 1.29 is 4.79 Å². The molecule has 0 radical (unpaired) electrons. The van der Waals surface area contributed by atoms with Gasteiger partial charge in [0, 0.05) is 17.5 Å². The van der Waals surface area contributed by atoms with E-state index in [1.54, 1.807) is 18.2 Å². The molecule has 3 aromatic carbocycles. The zero-order valence-electron chi connectivity index (χ0n) is 16.9. The van der Waals surface area contributed by atoms with Crippen LogP contribution in [-0.4, -0.2) is 5.91 Å². The molecule has 30 heavy (non-hydrogen) atoms. The molecule has 0 saturated heterocycles. The smallest absolute Gasteiger partial charge is 0.228 e. The number of halogens is 2. The second-order valence-corrected chi connectivity index (χ2v) is 9.49. The van der Waals surface area contributed by atoms with Crippen molar-refractivity contribution in [3.8, 4) is 0 Å². The lowest BCUT2D eigenvalue weighted by molar-refractivity contribution is -0.123. The van der Waals surface area contributed by atoms with Crippen LogP contribution in [0.2, 0.25) is 10.0 Å². The predicted molar refractivity (Wildman–Crippen MR) is 123 cm³/mol. The van der Waals surface area contributed by atoms with Gasteiger partial charge in [-0.05, 0) is 52.3 Å². The fraction of sp³-hybridized carbons (Fsp3) is 0.269. The molecule has 1 N–H and O–H groups in total. The lowest BCUT2D eigenvalue weighted by Gasteiger charge is -2.51. The lowest BCUT2D eigenvalue weighted by Crippen LogP contribution is -2.47. The van der Waals surface area contributed by atoms with E-state index in [2.05, 4.69) is 67.7 Å². The minimum atomic E-state index is -0.144. The molecule has 152 valence electrons. The molecule has 0 fully saturated rings. The fourth-order valence-corrected chi connectivity index (χ4v) is 5.94. The third kappa shape index (κ3) is 2.97. The van der Waals surface area contributed by atoms with Crippen molar-refractivity contribution in [3.05, 3.63) is 99.0 Å². The number of anilines is 1. The Labute approximate surface area is 187 Å². The van der Waals surface area contributed by atoms with Gasteiger partial charge in [0.1, 0.15) is 0 Å². The van der Waals surface area contributed by atoms with Crippen molar-refractivity contribution in [1.82, 2.24) is 0 Å². The second-order valence-electron chi connectivity index (χ2n) is 8.68. The van der Waals surface area contributed by atoms with Crippen LogP contribution in [0, 0.1) is 17.8 Å². The first kappa shape index (κ1) is 19.7. The van der Waals surface area contributed by atoms with Gasteiger partial charge in [0.05, 0.1) is 16.0 Å². The Morgan fingerprint density at radius 2 is 1.33 bits per heavy atom. The average molecular weight is 436 g/mol. The van der Waals surface area contributed by atoms with Crippen molar-refractivity contribution >= 4 is 34.8 Å². The van der Waals surface area contributed by atoms with E-state index in [1.807, 2.05) is 0 Å². The molecule has 3 aliphatic carbocycles. The van der Waals surface area contributed by atoms with Crippen molar-refractivity contribution in [2.75, 3.05) is 5.32 Å². The zero-order valence-corrected chi connectivity index (χ0v) is 18.4. The van der Waals surface area contributed by atoms with E-state index in [9.17, 15) is 4.79 Å². The maximum Gasteiger partial charge on any atom is 0.228 e. The van der Waals surface area contributed by atoms with Crippen LogP contribution in [0.5, 0.6) is 0 Å². The number of nitrogens with one attached hydrogen (secondary N) is 1. The zero-order chi connectivity index (χ0) is 21.0. The molecule has 0 saturated carbocycles. The molecule has 0 aliphatic heterocycles. The maximum atomic E-state index is 13.7. The summed E-state index contributed by atoms with van der Waals surface area (Å²) in [5.74, 6) is 0.774. The van der Waals surface area contributed by atoms with Crippen LogP contribution < -0.4 is 5.32 Å². The molecule has 0 aromatic heterocycles. The molecule has 2 bridgehead atoms. The van der Waals surface area contributed by atoms with Gasteiger partial charge >= 0.3 is 0 Å². The quantitative estimate of drug-likeness (QED) is 0.466. The summed E-state index contributed by atoms with van der Waals surface area (Å²) in [5, 5.41) is 4.05. The van der Waals surface area contributed by atoms with Crippen molar-refractivity contribution in [3.63, 3.8) is 0 Å². The van der Waals surface area contributed by atoms with Gasteiger partial charge in [0.2, 0.25) is 5.91 Å². The summed E-state index contributed by atoms with van der Waals surface area (Å²) in [5.41, 5.74) is 6.00. The Balaban J connectivity index is 1.62. The summed E-state index contributed by atoms with van der Waals surface area (Å²) in [6, 6.07) is 22.5. The molecule has 3 aromatic rings. The van der Waals surface area contributed by atoms with Crippen LogP contribution in [0.15, 0.2) is 66.7 Å². The van der Waals surface area contributed by atoms with Crippen molar-refractivity contribution in [1.29, 1.82) is 0 Å². The summed E-state index contributed by atoms with van der Waals surface area (Å²) in [4.78, 5) is 13.7. The number of hydrogen-bond donors (Lipinski definition) is 1. The summed E-state index contributed by atoms with van der Waals surface area (Å²) in [6.07, 6.45) is 0. The van der Waals surface area contributed by atoms with Gasteiger partial charge in [-0.3, -0.25) is 4.79 Å². The molecule has 2 atom stereocenters. The standard InChI is InChI=1S/C26H23Cl2NO/c1-14(2)22-23-16-7-3-5-9-18(16)24(19-10-6-4-8-17(19)23)25(22)26(30)29-15-11-12-20(27)21(28)13-15/h3-14,22-25H,1-2H3,(H,29,30)/t22-,23?,24?,25+/m1/s1. The van der Waals surface area contributed by atoms with Crippen LogP contribution in [0.25, 0.3) is 0 Å². The van der Waals surface area contributed by atoms with Gasteiger partial charge in [0.15, 0.2) is 0 Å². The van der Waals surface area contributed by atoms with E-state index in [1.165, 1.54) is 22.3 Å². The molecule has 4 heteroatoms. The fourth-order valence-electron chi connectivity index (χ4n) is 5.65. The molecule has 3 aliphatic rings. The van der Waals surface area contributed by atoms with Crippen LogP contribution in [0.4, 0.5) is 5.69 Å². The number of carbonyl (C=O) groups excluding carboxylic acids is 1. The highest BCUT2D eigenvalue weighted by molar-refractivity contribution is 6.42. The lowest BCUT2D eigenvalue weighted by atomic mass is 9.52. The Morgan fingerprint density at radius 1 is 0.800 bits per heavy atom. The Morgan fingerprint density at radius 3 is 1.83 bits per heavy atom.